The van der Waals surface area contributed by atoms with E-state index in [9.17, 15) is 24.6 Å². The molecule has 4 aromatic rings. The van der Waals surface area contributed by atoms with Crippen LogP contribution in [0.15, 0.2) is 77.6 Å². The molecule has 1 aromatic heterocycles. The van der Waals surface area contributed by atoms with Gasteiger partial charge in [-0.1, -0.05) is 54.1 Å². The number of halogens is 1. The number of carbonyl (C=O) groups is 2. The number of rotatable bonds is 9. The Balaban J connectivity index is 1.69. The van der Waals surface area contributed by atoms with Crippen LogP contribution >= 0.6 is 11.6 Å². The van der Waals surface area contributed by atoms with E-state index in [1.54, 1.807) is 72.8 Å². The highest BCUT2D eigenvalue weighted by molar-refractivity contribution is 6.31. The minimum Gasteiger partial charge on any atom is -0.505 e. The third-order valence-electron chi connectivity index (χ3n) is 5.93. The molecule has 0 saturated carbocycles. The zero-order chi connectivity index (χ0) is 27.2. The minimum absolute atomic E-state index is 0.0987. The number of anilines is 1. The van der Waals surface area contributed by atoms with E-state index >= 15 is 0 Å². The van der Waals surface area contributed by atoms with E-state index in [-0.39, 0.29) is 12.2 Å². The second-order valence-corrected chi connectivity index (χ2v) is 8.89. The number of hydrogen-bond acceptors (Lipinski definition) is 5. The van der Waals surface area contributed by atoms with Crippen LogP contribution in [0.3, 0.4) is 0 Å². The number of carboxylic acid groups (broad SMARTS) is 1. The highest BCUT2D eigenvalue weighted by Crippen LogP contribution is 2.31. The summed E-state index contributed by atoms with van der Waals surface area (Å²) >= 11 is 6.32. The van der Waals surface area contributed by atoms with Gasteiger partial charge in [-0.2, -0.15) is 0 Å². The summed E-state index contributed by atoms with van der Waals surface area (Å²) < 4.78 is 6.89. The van der Waals surface area contributed by atoms with Gasteiger partial charge in [0.25, 0.3) is 5.56 Å². The molecule has 0 aliphatic heterocycles. The molecule has 0 saturated heterocycles. The third-order valence-corrected chi connectivity index (χ3v) is 6.29. The molecule has 3 aromatic carbocycles. The van der Waals surface area contributed by atoms with Gasteiger partial charge in [0.2, 0.25) is 0 Å². The molecular weight excluding hydrogens is 510 g/mol. The van der Waals surface area contributed by atoms with Crippen molar-refractivity contribution in [2.75, 3.05) is 11.9 Å². The Kier molecular flexibility index (Phi) is 8.18. The maximum Gasteiger partial charge on any atom is 0.319 e. The van der Waals surface area contributed by atoms with E-state index in [0.29, 0.717) is 39.4 Å². The first-order valence-corrected chi connectivity index (χ1v) is 12.3. The Hall–Kier alpha value is -4.50. The normalized spacial score (nSPS) is 11.6. The predicted molar refractivity (Wildman–Crippen MR) is 145 cm³/mol. The number of ether oxygens (including phenoxy) is 1. The van der Waals surface area contributed by atoms with Crippen LogP contribution in [0.4, 0.5) is 10.5 Å². The van der Waals surface area contributed by atoms with Crippen LogP contribution in [0.5, 0.6) is 11.5 Å². The summed E-state index contributed by atoms with van der Waals surface area (Å²) in [6.45, 7) is 2.34. The van der Waals surface area contributed by atoms with E-state index in [1.807, 2.05) is 6.92 Å². The number of aliphatic carboxylic acids is 1. The Bertz CT molecular complexity index is 1550. The zero-order valence-corrected chi connectivity index (χ0v) is 21.2. The van der Waals surface area contributed by atoms with Gasteiger partial charge in [-0.3, -0.25) is 9.59 Å². The van der Waals surface area contributed by atoms with Crippen molar-refractivity contribution in [3.63, 3.8) is 0 Å². The van der Waals surface area contributed by atoms with E-state index in [2.05, 4.69) is 10.6 Å². The molecule has 38 heavy (non-hydrogen) atoms. The molecular formula is C28H26ClN3O6. The van der Waals surface area contributed by atoms with Gasteiger partial charge < -0.3 is 30.2 Å². The zero-order valence-electron chi connectivity index (χ0n) is 20.5. The number of urea groups is 1. The number of nitrogens with zero attached hydrogens (tertiary/aromatic N) is 1. The van der Waals surface area contributed by atoms with Gasteiger partial charge in [0, 0.05) is 10.4 Å². The number of carboxylic acids is 1. The number of carbonyl (C=O) groups excluding carboxylic acids is 1. The first-order valence-electron chi connectivity index (χ1n) is 11.9. The smallest absolute Gasteiger partial charge is 0.319 e. The highest BCUT2D eigenvalue weighted by atomic mass is 35.5. The van der Waals surface area contributed by atoms with Crippen LogP contribution in [-0.4, -0.2) is 33.4 Å². The van der Waals surface area contributed by atoms with Crippen molar-refractivity contribution in [2.24, 2.45) is 0 Å². The summed E-state index contributed by atoms with van der Waals surface area (Å²) in [4.78, 5) is 38.1. The van der Waals surface area contributed by atoms with Crippen molar-refractivity contribution in [1.29, 1.82) is 0 Å². The van der Waals surface area contributed by atoms with Crippen molar-refractivity contribution in [3.05, 3.63) is 99.3 Å². The van der Waals surface area contributed by atoms with Crippen LogP contribution < -0.4 is 20.9 Å². The Labute approximate surface area is 223 Å². The lowest BCUT2D eigenvalue weighted by Gasteiger charge is -2.20. The SMILES string of the molecule is CCOc1cccc([C@H](CC(=O)O)NC(=O)Nc2c(O)c3ccccc3n(Cc3ccccc3Cl)c2=O)c1. The number of para-hydroxylation sites is 1. The monoisotopic (exact) mass is 535 g/mol. The van der Waals surface area contributed by atoms with Gasteiger partial charge in [0.15, 0.2) is 11.4 Å². The van der Waals surface area contributed by atoms with E-state index in [1.165, 1.54) is 4.57 Å². The molecule has 0 spiro atoms. The predicted octanol–water partition coefficient (Wildman–Crippen LogP) is 5.15. The van der Waals surface area contributed by atoms with Crippen molar-refractivity contribution in [1.82, 2.24) is 9.88 Å². The molecule has 0 unspecified atom stereocenters. The molecule has 2 amide bonds. The van der Waals surface area contributed by atoms with Crippen LogP contribution in [0.2, 0.25) is 5.02 Å². The third kappa shape index (κ3) is 5.90. The summed E-state index contributed by atoms with van der Waals surface area (Å²) in [5.74, 6) is -1.01. The van der Waals surface area contributed by atoms with E-state index in [4.69, 9.17) is 16.3 Å². The Morgan fingerprint density at radius 3 is 2.53 bits per heavy atom. The fourth-order valence-corrected chi connectivity index (χ4v) is 4.37. The topological polar surface area (TPSA) is 130 Å². The lowest BCUT2D eigenvalue weighted by atomic mass is 10.0. The lowest BCUT2D eigenvalue weighted by Crippen LogP contribution is -2.36. The Morgan fingerprint density at radius 1 is 1.05 bits per heavy atom. The minimum atomic E-state index is -1.13. The molecule has 0 radical (unpaired) electrons. The summed E-state index contributed by atoms with van der Waals surface area (Å²) in [6.07, 6.45) is -0.413. The number of aromatic nitrogens is 1. The van der Waals surface area contributed by atoms with Crippen molar-refractivity contribution < 1.29 is 24.5 Å². The van der Waals surface area contributed by atoms with Crippen molar-refractivity contribution in [3.8, 4) is 11.5 Å². The number of amides is 2. The molecule has 4 rings (SSSR count). The van der Waals surface area contributed by atoms with Gasteiger partial charge in [0.05, 0.1) is 31.1 Å². The summed E-state index contributed by atoms with van der Waals surface area (Å²) in [5, 5.41) is 26.2. The second-order valence-electron chi connectivity index (χ2n) is 8.48. The Morgan fingerprint density at radius 2 is 1.79 bits per heavy atom. The number of pyridine rings is 1. The summed E-state index contributed by atoms with van der Waals surface area (Å²) in [7, 11) is 0. The molecule has 9 nitrogen and oxygen atoms in total. The van der Waals surface area contributed by atoms with Gasteiger partial charge in [0.1, 0.15) is 5.75 Å². The quantitative estimate of drug-likeness (QED) is 0.235. The maximum atomic E-state index is 13.5. The van der Waals surface area contributed by atoms with Crippen LogP contribution in [0, 0.1) is 0 Å². The fraction of sp³-hybridized carbons (Fsp3) is 0.179. The standard InChI is InChI=1S/C28H26ClN3O6/c1-2-38-19-10-7-9-17(14-19)22(15-24(33)34)30-28(37)31-25-26(35)20-11-4-6-13-23(20)32(27(25)36)16-18-8-3-5-12-21(18)29/h3-14,22,35H,2,15-16H2,1H3,(H,33,34)(H2,30,31,37)/t22-/m0/s1. The molecule has 196 valence electrons. The second kappa shape index (κ2) is 11.7. The number of fused-ring (bicyclic) bond motifs is 1. The summed E-state index contributed by atoms with van der Waals surface area (Å²) in [6, 6.07) is 18.7. The van der Waals surface area contributed by atoms with Gasteiger partial charge in [-0.25, -0.2) is 4.79 Å². The first kappa shape index (κ1) is 26.6. The fourth-order valence-electron chi connectivity index (χ4n) is 4.18. The van der Waals surface area contributed by atoms with E-state index in [0.717, 1.165) is 0 Å². The molecule has 0 aliphatic carbocycles. The van der Waals surface area contributed by atoms with Crippen LogP contribution in [0.25, 0.3) is 10.9 Å². The highest BCUT2D eigenvalue weighted by Gasteiger charge is 2.22. The van der Waals surface area contributed by atoms with Crippen molar-refractivity contribution in [2.45, 2.75) is 25.9 Å². The molecule has 4 N–H and O–H groups in total. The van der Waals surface area contributed by atoms with Gasteiger partial charge in [-0.15, -0.1) is 0 Å². The first-order chi connectivity index (χ1) is 18.3. The van der Waals surface area contributed by atoms with Gasteiger partial charge in [-0.05, 0) is 48.4 Å². The molecule has 1 heterocycles. The van der Waals surface area contributed by atoms with Gasteiger partial charge >= 0.3 is 12.0 Å². The molecule has 0 aliphatic rings. The largest absolute Gasteiger partial charge is 0.505 e. The summed E-state index contributed by atoms with van der Waals surface area (Å²) in [5.41, 5.74) is 0.651. The average molecular weight is 536 g/mol. The van der Waals surface area contributed by atoms with Crippen LogP contribution in [0.1, 0.15) is 30.5 Å². The number of benzene rings is 3. The van der Waals surface area contributed by atoms with Crippen molar-refractivity contribution >= 4 is 40.2 Å². The van der Waals surface area contributed by atoms with E-state index < -0.39 is 35.8 Å². The molecule has 0 bridgehead atoms. The number of hydrogen-bond donors (Lipinski definition) is 4. The lowest BCUT2D eigenvalue weighted by molar-refractivity contribution is -0.137. The number of aromatic hydroxyl groups is 1. The average Bonchev–Trinajstić information content (AvgIpc) is 2.90. The molecule has 0 fully saturated rings. The molecule has 10 heteroatoms. The van der Waals surface area contributed by atoms with Crippen LogP contribution in [-0.2, 0) is 11.3 Å². The maximum absolute atomic E-state index is 13.5. The number of nitrogens with one attached hydrogen (secondary N) is 2. The molecule has 1 atom stereocenters.